The third-order valence-corrected chi connectivity index (χ3v) is 4.36. The molecule has 0 spiro atoms. The summed E-state index contributed by atoms with van der Waals surface area (Å²) in [7, 11) is 0. The molecule has 1 aromatic rings. The molecule has 6 nitrogen and oxygen atoms in total. The first-order valence-corrected chi connectivity index (χ1v) is 7.16. The van der Waals surface area contributed by atoms with Crippen LogP contribution >= 0.6 is 0 Å². The number of aromatic nitrogens is 1. The molecule has 3 heterocycles. The van der Waals surface area contributed by atoms with E-state index in [4.69, 9.17) is 0 Å². The van der Waals surface area contributed by atoms with E-state index in [0.29, 0.717) is 44.2 Å². The summed E-state index contributed by atoms with van der Waals surface area (Å²) in [5, 5.41) is 2.80. The molecule has 1 aromatic heterocycles. The van der Waals surface area contributed by atoms with Crippen molar-refractivity contribution in [1.82, 2.24) is 9.88 Å². The van der Waals surface area contributed by atoms with Gasteiger partial charge in [0, 0.05) is 37.3 Å². The van der Waals surface area contributed by atoms with Crippen molar-refractivity contribution in [2.24, 2.45) is 0 Å². The molecule has 2 aliphatic rings. The van der Waals surface area contributed by atoms with Gasteiger partial charge in [0.05, 0.1) is 5.54 Å². The zero-order valence-electron chi connectivity index (χ0n) is 11.7. The number of pyridine rings is 1. The van der Waals surface area contributed by atoms with Gasteiger partial charge < -0.3 is 5.32 Å². The van der Waals surface area contributed by atoms with Gasteiger partial charge in [-0.2, -0.15) is 0 Å². The van der Waals surface area contributed by atoms with Crippen molar-refractivity contribution < 1.29 is 14.4 Å². The maximum atomic E-state index is 12.0. The van der Waals surface area contributed by atoms with Gasteiger partial charge in [-0.1, -0.05) is 0 Å². The van der Waals surface area contributed by atoms with Crippen LogP contribution in [0.4, 0.5) is 5.69 Å². The van der Waals surface area contributed by atoms with Crippen LogP contribution in [0.1, 0.15) is 38.5 Å². The van der Waals surface area contributed by atoms with E-state index in [0.717, 1.165) is 0 Å². The lowest BCUT2D eigenvalue weighted by Gasteiger charge is -2.30. The topological polar surface area (TPSA) is 79.4 Å². The Hall–Kier alpha value is -2.24. The van der Waals surface area contributed by atoms with Crippen molar-refractivity contribution in [2.45, 2.75) is 44.1 Å². The maximum Gasteiger partial charge on any atom is 0.229 e. The van der Waals surface area contributed by atoms with Gasteiger partial charge in [-0.3, -0.25) is 24.3 Å². The molecular formula is C15H17N3O3. The SMILES string of the molecule is O=C(CCC12CCC(=O)N1C(=O)CC2)Nc1ccncc1. The van der Waals surface area contributed by atoms with Crippen LogP contribution in [0.5, 0.6) is 0 Å². The van der Waals surface area contributed by atoms with Crippen molar-refractivity contribution >= 4 is 23.4 Å². The Morgan fingerprint density at radius 2 is 1.81 bits per heavy atom. The van der Waals surface area contributed by atoms with Crippen LogP contribution in [-0.2, 0) is 14.4 Å². The Kier molecular flexibility index (Phi) is 3.45. The first-order chi connectivity index (χ1) is 10.1. The Bertz CT molecular complexity index is 565. The summed E-state index contributed by atoms with van der Waals surface area (Å²) < 4.78 is 0. The average molecular weight is 287 g/mol. The van der Waals surface area contributed by atoms with E-state index in [-0.39, 0.29) is 17.7 Å². The minimum absolute atomic E-state index is 0.0907. The number of hydrogen-bond acceptors (Lipinski definition) is 4. The second-order valence-electron chi connectivity index (χ2n) is 5.63. The van der Waals surface area contributed by atoms with Crippen LogP contribution in [0, 0.1) is 0 Å². The summed E-state index contributed by atoms with van der Waals surface area (Å²) >= 11 is 0. The number of amides is 3. The second kappa shape index (κ2) is 5.27. The van der Waals surface area contributed by atoms with Crippen molar-refractivity contribution in [3.05, 3.63) is 24.5 Å². The first-order valence-electron chi connectivity index (χ1n) is 7.16. The van der Waals surface area contributed by atoms with E-state index in [1.54, 1.807) is 24.5 Å². The molecule has 0 saturated carbocycles. The minimum atomic E-state index is -0.413. The second-order valence-corrected chi connectivity index (χ2v) is 5.63. The number of imide groups is 1. The predicted octanol–water partition coefficient (Wildman–Crippen LogP) is 1.48. The highest BCUT2D eigenvalue weighted by Crippen LogP contribution is 2.43. The first kappa shape index (κ1) is 13.7. The van der Waals surface area contributed by atoms with Crippen LogP contribution in [-0.4, -0.2) is 33.1 Å². The predicted molar refractivity (Wildman–Crippen MR) is 75.2 cm³/mol. The monoisotopic (exact) mass is 287 g/mol. The lowest BCUT2D eigenvalue weighted by Crippen LogP contribution is -2.43. The molecule has 2 fully saturated rings. The highest BCUT2D eigenvalue weighted by atomic mass is 16.2. The zero-order valence-corrected chi connectivity index (χ0v) is 11.7. The molecule has 2 saturated heterocycles. The summed E-state index contributed by atoms with van der Waals surface area (Å²) in [6, 6.07) is 3.45. The lowest BCUT2D eigenvalue weighted by atomic mass is 9.89. The highest BCUT2D eigenvalue weighted by molar-refractivity contribution is 6.00. The summed E-state index contributed by atoms with van der Waals surface area (Å²) in [6.45, 7) is 0. The molecule has 0 unspecified atom stereocenters. The van der Waals surface area contributed by atoms with Gasteiger partial charge >= 0.3 is 0 Å². The fourth-order valence-electron chi connectivity index (χ4n) is 3.29. The largest absolute Gasteiger partial charge is 0.326 e. The fourth-order valence-corrected chi connectivity index (χ4v) is 3.29. The Balaban J connectivity index is 1.61. The van der Waals surface area contributed by atoms with E-state index in [2.05, 4.69) is 10.3 Å². The molecule has 0 aromatic carbocycles. The van der Waals surface area contributed by atoms with Gasteiger partial charge in [0.25, 0.3) is 0 Å². The van der Waals surface area contributed by atoms with E-state index in [9.17, 15) is 14.4 Å². The third-order valence-electron chi connectivity index (χ3n) is 4.36. The molecule has 0 aliphatic carbocycles. The normalized spacial score (nSPS) is 19.7. The Morgan fingerprint density at radius 1 is 1.19 bits per heavy atom. The molecular weight excluding hydrogens is 270 g/mol. The Morgan fingerprint density at radius 3 is 2.43 bits per heavy atom. The van der Waals surface area contributed by atoms with E-state index < -0.39 is 5.54 Å². The van der Waals surface area contributed by atoms with Gasteiger partial charge in [0.15, 0.2) is 0 Å². The van der Waals surface area contributed by atoms with E-state index >= 15 is 0 Å². The highest BCUT2D eigenvalue weighted by Gasteiger charge is 2.52. The molecule has 0 bridgehead atoms. The lowest BCUT2D eigenvalue weighted by molar-refractivity contribution is -0.143. The number of fused-ring (bicyclic) bond motifs is 1. The smallest absolute Gasteiger partial charge is 0.229 e. The van der Waals surface area contributed by atoms with Crippen LogP contribution in [0.2, 0.25) is 0 Å². The molecule has 0 atom stereocenters. The van der Waals surface area contributed by atoms with Crippen molar-refractivity contribution in [3.8, 4) is 0 Å². The number of nitrogens with zero attached hydrogens (tertiary/aromatic N) is 2. The molecule has 0 radical (unpaired) electrons. The van der Waals surface area contributed by atoms with E-state index in [1.807, 2.05) is 0 Å². The number of hydrogen-bond donors (Lipinski definition) is 1. The molecule has 110 valence electrons. The Labute approximate surface area is 122 Å². The molecule has 6 heteroatoms. The van der Waals surface area contributed by atoms with Crippen molar-refractivity contribution in [2.75, 3.05) is 5.32 Å². The van der Waals surface area contributed by atoms with Gasteiger partial charge in [0.1, 0.15) is 0 Å². The number of carbonyl (C=O) groups excluding carboxylic acids is 3. The maximum absolute atomic E-state index is 12.0. The summed E-state index contributed by atoms with van der Waals surface area (Å²) in [4.78, 5) is 40.9. The number of rotatable bonds is 4. The average Bonchev–Trinajstić information content (AvgIpc) is 2.98. The van der Waals surface area contributed by atoms with Crippen molar-refractivity contribution in [1.29, 1.82) is 0 Å². The van der Waals surface area contributed by atoms with Gasteiger partial charge in [-0.05, 0) is 31.4 Å². The van der Waals surface area contributed by atoms with Gasteiger partial charge in [-0.25, -0.2) is 0 Å². The standard InChI is InChI=1S/C15H17N3O3/c19-12(17-11-4-9-16-10-5-11)1-6-15-7-2-13(20)18(15)14(21)3-8-15/h4-5,9-10H,1-3,6-8H2,(H,16,17,19). The fraction of sp³-hybridized carbons (Fsp3) is 0.467. The van der Waals surface area contributed by atoms with Gasteiger partial charge in [-0.15, -0.1) is 0 Å². The molecule has 3 amide bonds. The molecule has 1 N–H and O–H groups in total. The summed E-state index contributed by atoms with van der Waals surface area (Å²) in [6.07, 6.45) is 6.26. The van der Waals surface area contributed by atoms with Crippen LogP contribution in [0.3, 0.4) is 0 Å². The quantitative estimate of drug-likeness (QED) is 0.851. The number of anilines is 1. The third kappa shape index (κ3) is 2.53. The van der Waals surface area contributed by atoms with Gasteiger partial charge in [0.2, 0.25) is 17.7 Å². The molecule has 3 rings (SSSR count). The van der Waals surface area contributed by atoms with Crippen molar-refractivity contribution in [3.63, 3.8) is 0 Å². The summed E-state index contributed by atoms with van der Waals surface area (Å²) in [5.41, 5.74) is 0.290. The molecule has 21 heavy (non-hydrogen) atoms. The van der Waals surface area contributed by atoms with Crippen LogP contribution in [0.15, 0.2) is 24.5 Å². The summed E-state index contributed by atoms with van der Waals surface area (Å²) in [5.74, 6) is -0.284. The number of carbonyl (C=O) groups is 3. The van der Waals surface area contributed by atoms with Crippen LogP contribution in [0.25, 0.3) is 0 Å². The number of nitrogens with one attached hydrogen (secondary N) is 1. The minimum Gasteiger partial charge on any atom is -0.326 e. The molecule has 2 aliphatic heterocycles. The van der Waals surface area contributed by atoms with E-state index in [1.165, 1.54) is 4.90 Å². The zero-order chi connectivity index (χ0) is 14.9. The van der Waals surface area contributed by atoms with Crippen LogP contribution < -0.4 is 5.32 Å².